The molecule has 4 atom stereocenters. The van der Waals surface area contributed by atoms with E-state index in [1.807, 2.05) is 0 Å². The van der Waals surface area contributed by atoms with E-state index in [0.717, 1.165) is 18.3 Å². The number of aliphatic hydroxyl groups is 1. The highest BCUT2D eigenvalue weighted by atomic mass is 32.1. The summed E-state index contributed by atoms with van der Waals surface area (Å²) in [5, 5.41) is 14.7. The van der Waals surface area contributed by atoms with Crippen LogP contribution in [0.2, 0.25) is 0 Å². The van der Waals surface area contributed by atoms with Gasteiger partial charge in [0.15, 0.2) is 0 Å². The largest absolute Gasteiger partial charge is 0.392 e. The summed E-state index contributed by atoms with van der Waals surface area (Å²) in [5.41, 5.74) is 1.32. The highest BCUT2D eigenvalue weighted by molar-refractivity contribution is 7.07. The average molecular weight is 264 g/mol. The second-order valence-electron chi connectivity index (χ2n) is 6.28. The maximum atomic E-state index is 10.4. The molecule has 3 rings (SSSR count). The molecule has 0 amide bonds. The molecule has 2 heteroatoms. The number of fused-ring (bicyclic) bond motifs is 1. The smallest absolute Gasteiger partial charge is 0.0609 e. The van der Waals surface area contributed by atoms with Crippen LogP contribution in [0, 0.1) is 17.8 Å². The van der Waals surface area contributed by atoms with Gasteiger partial charge in [0, 0.05) is 0 Å². The zero-order valence-corrected chi connectivity index (χ0v) is 11.9. The molecule has 1 aromatic heterocycles. The first kappa shape index (κ1) is 12.7. The van der Waals surface area contributed by atoms with Gasteiger partial charge < -0.3 is 5.11 Å². The molecule has 0 aliphatic heterocycles. The summed E-state index contributed by atoms with van der Waals surface area (Å²) < 4.78 is 0. The van der Waals surface area contributed by atoms with E-state index in [-0.39, 0.29) is 6.10 Å². The monoisotopic (exact) mass is 264 g/mol. The average Bonchev–Trinajstić information content (AvgIpc) is 2.91. The molecular weight excluding hydrogens is 240 g/mol. The number of hydrogen-bond acceptors (Lipinski definition) is 2. The Morgan fingerprint density at radius 3 is 2.78 bits per heavy atom. The van der Waals surface area contributed by atoms with Crippen molar-refractivity contribution in [3.8, 4) is 0 Å². The molecule has 1 N–H and O–H groups in total. The Labute approximate surface area is 114 Å². The van der Waals surface area contributed by atoms with E-state index in [9.17, 15) is 5.11 Å². The van der Waals surface area contributed by atoms with E-state index in [4.69, 9.17) is 0 Å². The molecule has 2 aliphatic rings. The van der Waals surface area contributed by atoms with Gasteiger partial charge in [-0.05, 0) is 65.8 Å². The van der Waals surface area contributed by atoms with Crippen molar-refractivity contribution in [3.63, 3.8) is 0 Å². The zero-order chi connectivity index (χ0) is 12.4. The summed E-state index contributed by atoms with van der Waals surface area (Å²) in [5.74, 6) is 2.47. The topological polar surface area (TPSA) is 20.2 Å². The molecule has 1 nitrogen and oxygen atoms in total. The molecule has 0 aromatic carbocycles. The van der Waals surface area contributed by atoms with Crippen LogP contribution in [0.15, 0.2) is 16.8 Å². The Balaban J connectivity index is 1.56. The van der Waals surface area contributed by atoms with Crippen LogP contribution in [0.1, 0.15) is 50.5 Å². The lowest BCUT2D eigenvalue weighted by Crippen LogP contribution is -2.34. The molecule has 4 unspecified atom stereocenters. The van der Waals surface area contributed by atoms with Crippen molar-refractivity contribution in [1.29, 1.82) is 0 Å². The van der Waals surface area contributed by atoms with E-state index in [0.29, 0.717) is 5.92 Å². The molecule has 100 valence electrons. The minimum absolute atomic E-state index is 0.109. The fourth-order valence-electron chi connectivity index (χ4n) is 4.08. The highest BCUT2D eigenvalue weighted by Gasteiger charge is 2.34. The minimum atomic E-state index is -0.109. The Kier molecular flexibility index (Phi) is 4.05. The molecule has 1 heterocycles. The molecule has 2 aliphatic carbocycles. The van der Waals surface area contributed by atoms with Crippen molar-refractivity contribution >= 4 is 11.3 Å². The van der Waals surface area contributed by atoms with Crippen molar-refractivity contribution in [1.82, 2.24) is 0 Å². The third kappa shape index (κ3) is 2.80. The van der Waals surface area contributed by atoms with Crippen LogP contribution in [-0.2, 0) is 6.42 Å². The van der Waals surface area contributed by atoms with Gasteiger partial charge in [0.05, 0.1) is 6.10 Å². The quantitative estimate of drug-likeness (QED) is 0.865. The van der Waals surface area contributed by atoms with Crippen molar-refractivity contribution in [2.45, 2.75) is 57.5 Å². The third-order valence-corrected chi connectivity index (χ3v) is 5.88. The highest BCUT2D eigenvalue weighted by Crippen LogP contribution is 2.43. The molecule has 0 radical (unpaired) electrons. The van der Waals surface area contributed by atoms with Crippen LogP contribution in [-0.4, -0.2) is 11.2 Å². The lowest BCUT2D eigenvalue weighted by molar-refractivity contribution is 0.0361. The van der Waals surface area contributed by atoms with Crippen molar-refractivity contribution < 1.29 is 5.11 Å². The lowest BCUT2D eigenvalue weighted by atomic mass is 9.66. The van der Waals surface area contributed by atoms with Gasteiger partial charge in [-0.15, -0.1) is 0 Å². The number of thiophene rings is 1. The summed E-state index contributed by atoms with van der Waals surface area (Å²) in [6, 6.07) is 2.15. The van der Waals surface area contributed by atoms with Crippen LogP contribution in [0.5, 0.6) is 0 Å². The van der Waals surface area contributed by atoms with Crippen LogP contribution in [0.3, 0.4) is 0 Å². The van der Waals surface area contributed by atoms with Gasteiger partial charge in [-0.2, -0.15) is 11.3 Å². The number of aliphatic hydroxyl groups excluding tert-OH is 1. The Morgan fingerprint density at radius 2 is 2.00 bits per heavy atom. The summed E-state index contributed by atoms with van der Waals surface area (Å²) in [6.45, 7) is 0. The van der Waals surface area contributed by atoms with E-state index in [1.165, 1.54) is 50.5 Å². The first-order valence-electron chi connectivity index (χ1n) is 7.52. The first-order valence-corrected chi connectivity index (χ1v) is 8.46. The van der Waals surface area contributed by atoms with Gasteiger partial charge in [-0.3, -0.25) is 0 Å². The molecule has 18 heavy (non-hydrogen) atoms. The van der Waals surface area contributed by atoms with Crippen LogP contribution >= 0.6 is 11.3 Å². The Hall–Kier alpha value is -0.340. The fourth-order valence-corrected chi connectivity index (χ4v) is 4.76. The van der Waals surface area contributed by atoms with Crippen molar-refractivity contribution in [2.75, 3.05) is 0 Å². The third-order valence-electron chi connectivity index (χ3n) is 5.15. The normalized spacial score (nSPS) is 33.9. The Morgan fingerprint density at radius 1 is 1.17 bits per heavy atom. The van der Waals surface area contributed by atoms with E-state index in [2.05, 4.69) is 16.8 Å². The van der Waals surface area contributed by atoms with E-state index >= 15 is 0 Å². The predicted molar refractivity (Wildman–Crippen MR) is 76.8 cm³/mol. The molecule has 1 aromatic rings. The molecule has 0 spiro atoms. The number of hydrogen-bond donors (Lipinski definition) is 1. The van der Waals surface area contributed by atoms with Gasteiger partial charge in [0.2, 0.25) is 0 Å². The molecule has 0 saturated heterocycles. The lowest BCUT2D eigenvalue weighted by Gasteiger charge is -2.40. The molecule has 0 bridgehead atoms. The second kappa shape index (κ2) is 5.75. The van der Waals surface area contributed by atoms with Gasteiger partial charge >= 0.3 is 0 Å². The second-order valence-corrected chi connectivity index (χ2v) is 7.06. The number of rotatable bonds is 3. The molecule has 2 fully saturated rings. The maximum absolute atomic E-state index is 10.4. The van der Waals surface area contributed by atoms with Crippen LogP contribution < -0.4 is 0 Å². The van der Waals surface area contributed by atoms with Gasteiger partial charge in [-0.25, -0.2) is 0 Å². The van der Waals surface area contributed by atoms with Gasteiger partial charge in [-0.1, -0.05) is 25.7 Å². The zero-order valence-electron chi connectivity index (χ0n) is 11.1. The first-order chi connectivity index (χ1) is 8.83. The predicted octanol–water partition coefficient (Wildman–Crippen LogP) is 4.26. The SMILES string of the molecule is OC(Cc1ccsc1)C1CCC2CCCCC2C1. The molecule has 2 saturated carbocycles. The maximum Gasteiger partial charge on any atom is 0.0609 e. The van der Waals surface area contributed by atoms with Crippen molar-refractivity contribution in [2.24, 2.45) is 17.8 Å². The Bertz CT molecular complexity index is 359. The summed E-state index contributed by atoms with van der Waals surface area (Å²) in [4.78, 5) is 0. The fraction of sp³-hybridized carbons (Fsp3) is 0.750. The van der Waals surface area contributed by atoms with Gasteiger partial charge in [0.25, 0.3) is 0 Å². The summed E-state index contributed by atoms with van der Waals surface area (Å²) in [6.07, 6.45) is 10.4. The minimum Gasteiger partial charge on any atom is -0.392 e. The molecular formula is C16H24OS. The standard InChI is InChI=1S/C16H24OS/c17-16(9-12-7-8-18-11-12)15-6-5-13-3-1-2-4-14(13)10-15/h7-8,11,13-17H,1-6,9-10H2. The van der Waals surface area contributed by atoms with E-state index in [1.54, 1.807) is 11.3 Å². The summed E-state index contributed by atoms with van der Waals surface area (Å²) in [7, 11) is 0. The van der Waals surface area contributed by atoms with Gasteiger partial charge in [0.1, 0.15) is 0 Å². The van der Waals surface area contributed by atoms with Crippen LogP contribution in [0.25, 0.3) is 0 Å². The van der Waals surface area contributed by atoms with E-state index < -0.39 is 0 Å². The van der Waals surface area contributed by atoms with Crippen molar-refractivity contribution in [3.05, 3.63) is 22.4 Å². The summed E-state index contributed by atoms with van der Waals surface area (Å²) >= 11 is 1.74. The van der Waals surface area contributed by atoms with Crippen LogP contribution in [0.4, 0.5) is 0 Å².